The van der Waals surface area contributed by atoms with E-state index in [-0.39, 0.29) is 5.70 Å². The minimum Gasteiger partial charge on any atom is -0.402 e. The van der Waals surface area contributed by atoms with Crippen molar-refractivity contribution < 1.29 is 9.53 Å². The molecule has 0 N–H and O–H groups in total. The molecule has 0 unspecified atom stereocenters. The van der Waals surface area contributed by atoms with Gasteiger partial charge in [0.25, 0.3) is 0 Å². The summed E-state index contributed by atoms with van der Waals surface area (Å²) in [6.07, 6.45) is 3.67. The van der Waals surface area contributed by atoms with Crippen molar-refractivity contribution in [3.05, 3.63) is 100 Å². The van der Waals surface area contributed by atoms with Gasteiger partial charge in [0.15, 0.2) is 5.70 Å². The van der Waals surface area contributed by atoms with Crippen molar-refractivity contribution in [1.29, 1.82) is 0 Å². The predicted octanol–water partition coefficient (Wildman–Crippen LogP) is 4.53. The van der Waals surface area contributed by atoms with Gasteiger partial charge in [-0.05, 0) is 42.0 Å². The first-order valence-corrected chi connectivity index (χ1v) is 8.55. The largest absolute Gasteiger partial charge is 0.402 e. The Bertz CT molecular complexity index is 1020. The summed E-state index contributed by atoms with van der Waals surface area (Å²) in [4.78, 5) is 16.5. The maximum atomic E-state index is 12.2. The maximum Gasteiger partial charge on any atom is 0.363 e. The van der Waals surface area contributed by atoms with E-state index in [0.717, 1.165) is 16.8 Å². The van der Waals surface area contributed by atoms with Crippen molar-refractivity contribution in [2.75, 3.05) is 0 Å². The molecule has 0 saturated heterocycles. The summed E-state index contributed by atoms with van der Waals surface area (Å²) in [5, 5.41) is 0.712. The van der Waals surface area contributed by atoms with Gasteiger partial charge in [-0.2, -0.15) is 0 Å². The molecule has 26 heavy (non-hydrogen) atoms. The normalized spacial score (nSPS) is 15.2. The van der Waals surface area contributed by atoms with E-state index >= 15 is 0 Å². The molecule has 0 fully saturated rings. The highest BCUT2D eigenvalue weighted by Crippen LogP contribution is 2.21. The number of halogens is 1. The molecule has 2 aromatic carbocycles. The summed E-state index contributed by atoms with van der Waals surface area (Å²) in [5.41, 5.74) is 2.92. The molecule has 0 spiro atoms. The van der Waals surface area contributed by atoms with Gasteiger partial charge in [-0.25, -0.2) is 9.79 Å². The van der Waals surface area contributed by atoms with Gasteiger partial charge < -0.3 is 9.30 Å². The first-order valence-electron chi connectivity index (χ1n) is 8.17. The van der Waals surface area contributed by atoms with Gasteiger partial charge in [0.2, 0.25) is 5.90 Å². The number of hydrogen-bond acceptors (Lipinski definition) is 3. The van der Waals surface area contributed by atoms with Crippen LogP contribution in [0.5, 0.6) is 0 Å². The van der Waals surface area contributed by atoms with Crippen LogP contribution in [0.1, 0.15) is 16.8 Å². The lowest BCUT2D eigenvalue weighted by Crippen LogP contribution is -2.05. The smallest absolute Gasteiger partial charge is 0.363 e. The minimum atomic E-state index is -0.450. The van der Waals surface area contributed by atoms with Crippen LogP contribution >= 0.6 is 11.6 Å². The van der Waals surface area contributed by atoms with E-state index in [2.05, 4.69) is 4.99 Å². The van der Waals surface area contributed by atoms with Crippen LogP contribution in [0.2, 0.25) is 5.02 Å². The van der Waals surface area contributed by atoms with Crippen LogP contribution in [0.3, 0.4) is 0 Å². The van der Waals surface area contributed by atoms with Gasteiger partial charge in [-0.1, -0.05) is 48.0 Å². The number of carbonyl (C=O) groups excluding carboxylic acids is 1. The molecular weight excluding hydrogens is 348 g/mol. The van der Waals surface area contributed by atoms with Gasteiger partial charge in [0, 0.05) is 29.0 Å². The Hall–Kier alpha value is -3.11. The highest BCUT2D eigenvalue weighted by molar-refractivity contribution is 6.31. The fourth-order valence-electron chi connectivity index (χ4n) is 2.77. The molecule has 5 heteroatoms. The summed E-state index contributed by atoms with van der Waals surface area (Å²) >= 11 is 6.25. The molecule has 0 radical (unpaired) electrons. The van der Waals surface area contributed by atoms with Crippen LogP contribution in [-0.4, -0.2) is 16.4 Å². The van der Waals surface area contributed by atoms with Crippen molar-refractivity contribution in [1.82, 2.24) is 4.57 Å². The van der Waals surface area contributed by atoms with Gasteiger partial charge in [0.05, 0.1) is 0 Å². The molecule has 1 aliphatic rings. The molecule has 3 aromatic rings. The average Bonchev–Trinajstić information content (AvgIpc) is 3.25. The Morgan fingerprint density at radius 2 is 1.77 bits per heavy atom. The van der Waals surface area contributed by atoms with Crippen LogP contribution in [0, 0.1) is 0 Å². The number of benzene rings is 2. The standard InChI is InChI=1S/C21H15ClN2O2/c22-18-11-5-4-9-16(18)14-24-12-6-10-17(24)13-19-21(25)26-20(23-19)15-7-2-1-3-8-15/h1-13H,14H2. The average molecular weight is 363 g/mol. The molecule has 0 aliphatic carbocycles. The van der Waals surface area contributed by atoms with Gasteiger partial charge >= 0.3 is 5.97 Å². The number of rotatable bonds is 4. The second-order valence-electron chi connectivity index (χ2n) is 5.85. The summed E-state index contributed by atoms with van der Waals surface area (Å²) < 4.78 is 7.31. The third kappa shape index (κ3) is 3.32. The van der Waals surface area contributed by atoms with Crippen LogP contribution in [0.25, 0.3) is 6.08 Å². The first kappa shape index (κ1) is 16.4. The van der Waals surface area contributed by atoms with E-state index in [1.54, 1.807) is 6.08 Å². The molecular formula is C21H15ClN2O2. The summed E-state index contributed by atoms with van der Waals surface area (Å²) in [6.45, 7) is 0.607. The SMILES string of the molecule is O=C1OC(c2ccccc2)=NC1=Cc1cccn1Cc1ccccc1Cl. The molecule has 4 nitrogen and oxygen atoms in total. The second kappa shape index (κ2) is 7.02. The van der Waals surface area contributed by atoms with Gasteiger partial charge in [-0.3, -0.25) is 0 Å². The molecule has 0 bridgehead atoms. The summed E-state index contributed by atoms with van der Waals surface area (Å²) in [6, 6.07) is 20.9. The second-order valence-corrected chi connectivity index (χ2v) is 6.26. The highest BCUT2D eigenvalue weighted by Gasteiger charge is 2.24. The number of esters is 1. The van der Waals surface area contributed by atoms with Gasteiger partial charge in [0.1, 0.15) is 0 Å². The molecule has 2 heterocycles. The van der Waals surface area contributed by atoms with Crippen molar-refractivity contribution in [3.63, 3.8) is 0 Å². The molecule has 1 aromatic heterocycles. The van der Waals surface area contributed by atoms with E-state index in [0.29, 0.717) is 17.5 Å². The van der Waals surface area contributed by atoms with Crippen LogP contribution in [0.4, 0.5) is 0 Å². The van der Waals surface area contributed by atoms with E-state index in [1.807, 2.05) is 77.5 Å². The lowest BCUT2D eigenvalue weighted by atomic mass is 10.2. The van der Waals surface area contributed by atoms with Gasteiger partial charge in [-0.15, -0.1) is 0 Å². The third-order valence-electron chi connectivity index (χ3n) is 4.09. The van der Waals surface area contributed by atoms with E-state index in [4.69, 9.17) is 16.3 Å². The number of carbonyl (C=O) groups is 1. The Morgan fingerprint density at radius 3 is 2.58 bits per heavy atom. The number of cyclic esters (lactones) is 1. The Morgan fingerprint density at radius 1 is 1.00 bits per heavy atom. The third-order valence-corrected chi connectivity index (χ3v) is 4.46. The van der Waals surface area contributed by atoms with E-state index in [1.165, 1.54) is 0 Å². The Balaban J connectivity index is 1.63. The van der Waals surface area contributed by atoms with E-state index in [9.17, 15) is 4.79 Å². The first-order chi connectivity index (χ1) is 12.7. The topological polar surface area (TPSA) is 43.6 Å². The number of aromatic nitrogens is 1. The highest BCUT2D eigenvalue weighted by atomic mass is 35.5. The number of ether oxygens (including phenoxy) is 1. The molecule has 0 atom stereocenters. The molecule has 4 rings (SSSR count). The summed E-state index contributed by atoms with van der Waals surface area (Å²) in [5.74, 6) is -0.125. The van der Waals surface area contributed by atoms with Crippen LogP contribution in [-0.2, 0) is 16.1 Å². The lowest BCUT2D eigenvalue weighted by Gasteiger charge is -2.08. The Labute approximate surface area is 156 Å². The molecule has 0 amide bonds. The van der Waals surface area contributed by atoms with Crippen molar-refractivity contribution in [2.24, 2.45) is 4.99 Å². The fraction of sp³-hybridized carbons (Fsp3) is 0.0476. The zero-order valence-corrected chi connectivity index (χ0v) is 14.6. The summed E-state index contributed by atoms with van der Waals surface area (Å²) in [7, 11) is 0. The monoisotopic (exact) mass is 362 g/mol. The predicted molar refractivity (Wildman–Crippen MR) is 102 cm³/mol. The zero-order chi connectivity index (χ0) is 17.9. The number of aliphatic imine (C=N–C) groups is 1. The maximum absolute atomic E-state index is 12.2. The van der Waals surface area contributed by atoms with Crippen molar-refractivity contribution in [3.8, 4) is 0 Å². The fourth-order valence-corrected chi connectivity index (χ4v) is 2.96. The van der Waals surface area contributed by atoms with E-state index < -0.39 is 5.97 Å². The van der Waals surface area contributed by atoms with Crippen LogP contribution < -0.4 is 0 Å². The quantitative estimate of drug-likeness (QED) is 0.505. The Kier molecular flexibility index (Phi) is 4.42. The number of nitrogens with zero attached hydrogens (tertiary/aromatic N) is 2. The molecule has 1 aliphatic heterocycles. The lowest BCUT2D eigenvalue weighted by molar-refractivity contribution is -0.129. The molecule has 0 saturated carbocycles. The molecule has 128 valence electrons. The van der Waals surface area contributed by atoms with Crippen molar-refractivity contribution >= 4 is 29.5 Å². The van der Waals surface area contributed by atoms with Crippen LogP contribution in [0.15, 0.2) is 83.6 Å². The number of hydrogen-bond donors (Lipinski definition) is 0. The van der Waals surface area contributed by atoms with Crippen molar-refractivity contribution in [2.45, 2.75) is 6.54 Å². The zero-order valence-electron chi connectivity index (χ0n) is 13.8. The minimum absolute atomic E-state index is 0.281.